The Morgan fingerprint density at radius 3 is 2.15 bits per heavy atom. The van der Waals surface area contributed by atoms with Gasteiger partial charge in [0.2, 0.25) is 0 Å². The lowest BCUT2D eigenvalue weighted by molar-refractivity contribution is 0.311. The Hall–Kier alpha value is -1.09. The SMILES string of the molecule is Nc1ccc(CCCOc2c(Cl)cc(Cl)cc2Cl)cc1. The summed E-state index contributed by atoms with van der Waals surface area (Å²) in [5.74, 6) is 0.482. The fraction of sp³-hybridized carbons (Fsp3) is 0.200. The van der Waals surface area contributed by atoms with Gasteiger partial charge in [-0.2, -0.15) is 0 Å². The summed E-state index contributed by atoms with van der Waals surface area (Å²) in [5, 5.41) is 1.35. The summed E-state index contributed by atoms with van der Waals surface area (Å²) < 4.78 is 5.62. The van der Waals surface area contributed by atoms with E-state index >= 15 is 0 Å². The van der Waals surface area contributed by atoms with Crippen LogP contribution in [-0.2, 0) is 6.42 Å². The van der Waals surface area contributed by atoms with Crippen LogP contribution in [0.25, 0.3) is 0 Å². The molecule has 0 unspecified atom stereocenters. The van der Waals surface area contributed by atoms with E-state index in [0.29, 0.717) is 27.4 Å². The summed E-state index contributed by atoms with van der Waals surface area (Å²) in [4.78, 5) is 0. The van der Waals surface area contributed by atoms with Crippen LogP contribution in [0.1, 0.15) is 12.0 Å². The molecule has 2 rings (SSSR count). The minimum Gasteiger partial charge on any atom is -0.490 e. The fourth-order valence-electron chi connectivity index (χ4n) is 1.80. The van der Waals surface area contributed by atoms with Gasteiger partial charge in [0, 0.05) is 10.7 Å². The van der Waals surface area contributed by atoms with E-state index in [2.05, 4.69) is 0 Å². The summed E-state index contributed by atoms with van der Waals surface area (Å²) in [6.07, 6.45) is 1.77. The van der Waals surface area contributed by atoms with Gasteiger partial charge >= 0.3 is 0 Å². The van der Waals surface area contributed by atoms with E-state index in [0.717, 1.165) is 18.5 Å². The van der Waals surface area contributed by atoms with Crippen molar-refractivity contribution in [3.05, 3.63) is 57.0 Å². The Labute approximate surface area is 133 Å². The number of hydrogen-bond acceptors (Lipinski definition) is 2. The van der Waals surface area contributed by atoms with Gasteiger partial charge in [-0.25, -0.2) is 0 Å². The molecule has 2 aromatic carbocycles. The lowest BCUT2D eigenvalue weighted by Gasteiger charge is -2.10. The van der Waals surface area contributed by atoms with Gasteiger partial charge in [0.05, 0.1) is 16.7 Å². The zero-order valence-corrected chi connectivity index (χ0v) is 13.0. The quantitative estimate of drug-likeness (QED) is 0.601. The van der Waals surface area contributed by atoms with E-state index in [4.69, 9.17) is 45.3 Å². The number of hydrogen-bond donors (Lipinski definition) is 1. The number of benzene rings is 2. The first-order chi connectivity index (χ1) is 9.56. The number of rotatable bonds is 5. The van der Waals surface area contributed by atoms with Crippen molar-refractivity contribution in [3.8, 4) is 5.75 Å². The van der Waals surface area contributed by atoms with Gasteiger partial charge in [-0.3, -0.25) is 0 Å². The largest absolute Gasteiger partial charge is 0.490 e. The molecular weight excluding hydrogens is 317 g/mol. The summed E-state index contributed by atoms with van der Waals surface area (Å²) >= 11 is 17.9. The summed E-state index contributed by atoms with van der Waals surface area (Å²) in [6.45, 7) is 0.533. The molecule has 20 heavy (non-hydrogen) atoms. The lowest BCUT2D eigenvalue weighted by atomic mass is 10.1. The highest BCUT2D eigenvalue weighted by atomic mass is 35.5. The number of nitrogens with two attached hydrogens (primary N) is 1. The molecule has 0 heterocycles. The van der Waals surface area contributed by atoms with Crippen LogP contribution < -0.4 is 10.5 Å². The van der Waals surface area contributed by atoms with Gasteiger partial charge < -0.3 is 10.5 Å². The maximum Gasteiger partial charge on any atom is 0.156 e. The first-order valence-electron chi connectivity index (χ1n) is 6.18. The number of aryl methyl sites for hydroxylation is 1. The van der Waals surface area contributed by atoms with Crippen molar-refractivity contribution in [3.63, 3.8) is 0 Å². The molecule has 0 saturated carbocycles. The van der Waals surface area contributed by atoms with Crippen molar-refractivity contribution in [2.45, 2.75) is 12.8 Å². The highest BCUT2D eigenvalue weighted by Crippen LogP contribution is 2.35. The second kappa shape index (κ2) is 7.07. The lowest BCUT2D eigenvalue weighted by Crippen LogP contribution is -2.00. The molecule has 0 aliphatic rings. The second-order valence-electron chi connectivity index (χ2n) is 4.39. The number of nitrogen functional groups attached to an aromatic ring is 1. The van der Waals surface area contributed by atoms with Crippen LogP contribution in [0.5, 0.6) is 5.75 Å². The second-order valence-corrected chi connectivity index (χ2v) is 5.64. The molecule has 5 heteroatoms. The topological polar surface area (TPSA) is 35.2 Å². The maximum absolute atomic E-state index is 6.04. The molecule has 0 fully saturated rings. The number of anilines is 1. The Bertz CT molecular complexity index is 561. The van der Waals surface area contributed by atoms with E-state index < -0.39 is 0 Å². The monoisotopic (exact) mass is 329 g/mol. The first-order valence-corrected chi connectivity index (χ1v) is 7.31. The summed E-state index contributed by atoms with van der Waals surface area (Å²) in [7, 11) is 0. The van der Waals surface area contributed by atoms with Crippen molar-refractivity contribution < 1.29 is 4.74 Å². The first kappa shape index (κ1) is 15.3. The third-order valence-corrected chi connectivity index (χ3v) is 3.58. The Morgan fingerprint density at radius 1 is 0.950 bits per heavy atom. The van der Waals surface area contributed by atoms with E-state index in [9.17, 15) is 0 Å². The number of halogens is 3. The van der Waals surface area contributed by atoms with Crippen LogP contribution >= 0.6 is 34.8 Å². The highest BCUT2D eigenvalue weighted by molar-refractivity contribution is 6.40. The van der Waals surface area contributed by atoms with Crippen molar-refractivity contribution in [1.82, 2.24) is 0 Å². The van der Waals surface area contributed by atoms with Crippen LogP contribution in [0.2, 0.25) is 15.1 Å². The highest BCUT2D eigenvalue weighted by Gasteiger charge is 2.08. The Kier molecular flexibility index (Phi) is 5.41. The van der Waals surface area contributed by atoms with Crippen LogP contribution in [0.3, 0.4) is 0 Å². The molecule has 0 aromatic heterocycles. The van der Waals surface area contributed by atoms with Crippen LogP contribution in [0.4, 0.5) is 5.69 Å². The van der Waals surface area contributed by atoms with E-state index in [1.54, 1.807) is 12.1 Å². The van der Waals surface area contributed by atoms with Crippen molar-refractivity contribution in [1.29, 1.82) is 0 Å². The van der Waals surface area contributed by atoms with Gasteiger partial charge in [-0.1, -0.05) is 46.9 Å². The van der Waals surface area contributed by atoms with Gasteiger partial charge in [-0.05, 0) is 42.7 Å². The zero-order valence-electron chi connectivity index (χ0n) is 10.7. The van der Waals surface area contributed by atoms with E-state index in [-0.39, 0.29) is 0 Å². The molecule has 0 radical (unpaired) electrons. The van der Waals surface area contributed by atoms with Gasteiger partial charge in [0.25, 0.3) is 0 Å². The minimum absolute atomic E-state index is 0.426. The van der Waals surface area contributed by atoms with Crippen LogP contribution in [0.15, 0.2) is 36.4 Å². The Morgan fingerprint density at radius 2 is 1.55 bits per heavy atom. The molecule has 0 amide bonds. The average molecular weight is 331 g/mol. The van der Waals surface area contributed by atoms with Gasteiger partial charge in [0.15, 0.2) is 5.75 Å². The predicted molar refractivity (Wildman–Crippen MR) is 86.1 cm³/mol. The van der Waals surface area contributed by atoms with Crippen molar-refractivity contribution >= 4 is 40.5 Å². The smallest absolute Gasteiger partial charge is 0.156 e. The number of ether oxygens (including phenoxy) is 1. The summed E-state index contributed by atoms with van der Waals surface area (Å²) in [5.41, 5.74) is 7.63. The minimum atomic E-state index is 0.426. The fourth-order valence-corrected chi connectivity index (χ4v) is 2.73. The molecule has 0 aliphatic carbocycles. The molecule has 0 spiro atoms. The van der Waals surface area contributed by atoms with Crippen molar-refractivity contribution in [2.24, 2.45) is 0 Å². The van der Waals surface area contributed by atoms with Gasteiger partial charge in [-0.15, -0.1) is 0 Å². The third-order valence-electron chi connectivity index (χ3n) is 2.80. The van der Waals surface area contributed by atoms with E-state index in [1.807, 2.05) is 24.3 Å². The molecule has 0 atom stereocenters. The van der Waals surface area contributed by atoms with E-state index in [1.165, 1.54) is 5.56 Å². The molecule has 2 aromatic rings. The molecule has 2 N–H and O–H groups in total. The molecular formula is C15H14Cl3NO. The van der Waals surface area contributed by atoms with Crippen LogP contribution in [-0.4, -0.2) is 6.61 Å². The van der Waals surface area contributed by atoms with Crippen molar-refractivity contribution in [2.75, 3.05) is 12.3 Å². The molecule has 106 valence electrons. The zero-order chi connectivity index (χ0) is 14.5. The standard InChI is InChI=1S/C15H14Cl3NO/c16-11-8-13(17)15(14(18)9-11)20-7-1-2-10-3-5-12(19)6-4-10/h3-6,8-9H,1-2,7,19H2. The predicted octanol–water partition coefficient (Wildman–Crippen LogP) is 5.24. The average Bonchev–Trinajstić information content (AvgIpc) is 2.39. The molecule has 0 bridgehead atoms. The normalized spacial score (nSPS) is 10.6. The third kappa shape index (κ3) is 4.20. The van der Waals surface area contributed by atoms with Gasteiger partial charge in [0.1, 0.15) is 0 Å². The molecule has 0 aliphatic heterocycles. The summed E-state index contributed by atoms with van der Waals surface area (Å²) in [6, 6.07) is 11.0. The Balaban J connectivity index is 1.86. The maximum atomic E-state index is 6.04. The molecule has 0 saturated heterocycles. The molecule has 2 nitrogen and oxygen atoms in total. The van der Waals surface area contributed by atoms with Crippen LogP contribution in [0, 0.1) is 0 Å².